The highest BCUT2D eigenvalue weighted by atomic mass is 79.9. The second-order valence-electron chi connectivity index (χ2n) is 10.2. The van der Waals surface area contributed by atoms with E-state index in [1.807, 2.05) is 34.8 Å². The minimum absolute atomic E-state index is 0.910. The molecule has 0 aliphatic rings. The fourth-order valence-electron chi connectivity index (χ4n) is 4.85. The predicted octanol–water partition coefficient (Wildman–Crippen LogP) is 12.4. The van der Waals surface area contributed by atoms with E-state index in [1.165, 1.54) is 96.6 Å². The fraction of sp³-hybridized carbons (Fsp3) is 0.500. The van der Waals surface area contributed by atoms with Gasteiger partial charge in [-0.05, 0) is 93.9 Å². The molecule has 0 aliphatic heterocycles. The summed E-state index contributed by atoms with van der Waals surface area (Å²) < 4.78 is 1.96. The lowest BCUT2D eigenvalue weighted by molar-refractivity contribution is 0.609. The van der Waals surface area contributed by atoms with E-state index >= 15 is 0 Å². The van der Waals surface area contributed by atoms with Crippen LogP contribution in [0.15, 0.2) is 45.3 Å². The Balaban J connectivity index is 1.56. The minimum Gasteiger partial charge on any atom is -0.242 e. The lowest BCUT2D eigenvalue weighted by atomic mass is 10.1. The number of nitrogens with zero attached hydrogens (tertiary/aromatic N) is 2. The van der Waals surface area contributed by atoms with Crippen LogP contribution in [-0.4, -0.2) is 9.97 Å². The van der Waals surface area contributed by atoms with Gasteiger partial charge in [0.05, 0.1) is 9.75 Å². The van der Waals surface area contributed by atoms with Crippen molar-refractivity contribution in [3.8, 4) is 21.1 Å². The average Bonchev–Trinajstić information content (AvgIpc) is 3.60. The highest BCUT2D eigenvalue weighted by molar-refractivity contribution is 9.11. The summed E-state index contributed by atoms with van der Waals surface area (Å²) in [7, 11) is 0. The molecule has 1 aromatic carbocycles. The first-order valence-electron chi connectivity index (χ1n) is 14.4. The van der Waals surface area contributed by atoms with Gasteiger partial charge < -0.3 is 0 Å². The second kappa shape index (κ2) is 15.6. The number of benzene rings is 1. The molecule has 3 aromatic heterocycles. The summed E-state index contributed by atoms with van der Waals surface area (Å²) in [5.74, 6) is 0. The largest absolute Gasteiger partial charge is 0.242 e. The molecule has 3 heterocycles. The van der Waals surface area contributed by atoms with E-state index in [9.17, 15) is 0 Å². The summed E-state index contributed by atoms with van der Waals surface area (Å²) in [4.78, 5) is 15.8. The Labute approximate surface area is 254 Å². The van der Waals surface area contributed by atoms with Crippen LogP contribution in [0.5, 0.6) is 0 Å². The number of thiophene rings is 2. The zero-order chi connectivity index (χ0) is 26.7. The first-order chi connectivity index (χ1) is 18.6. The van der Waals surface area contributed by atoms with Crippen molar-refractivity contribution in [3.05, 3.63) is 55.1 Å². The Morgan fingerprint density at radius 3 is 1.34 bits per heavy atom. The van der Waals surface area contributed by atoms with E-state index in [4.69, 9.17) is 9.97 Å². The van der Waals surface area contributed by atoms with E-state index < -0.39 is 0 Å². The maximum absolute atomic E-state index is 5.22. The number of fused-ring (bicyclic) bond motifs is 1. The van der Waals surface area contributed by atoms with Crippen molar-refractivity contribution in [2.75, 3.05) is 0 Å². The number of aryl methyl sites for hydroxylation is 2. The Bertz CT molecular complexity index is 1200. The normalized spacial score (nSPS) is 11.6. The lowest BCUT2D eigenvalue weighted by Crippen LogP contribution is -1.94. The third kappa shape index (κ3) is 8.22. The van der Waals surface area contributed by atoms with Gasteiger partial charge in [0.2, 0.25) is 0 Å². The molecule has 6 heteroatoms. The summed E-state index contributed by atoms with van der Waals surface area (Å²) in [6.45, 7) is 4.56. The van der Waals surface area contributed by atoms with Gasteiger partial charge in [0.15, 0.2) is 0 Å². The number of aromatic nitrogens is 2. The molecule has 0 saturated heterocycles. The molecular weight excluding hydrogens is 636 g/mol. The highest BCUT2D eigenvalue weighted by Crippen LogP contribution is 2.40. The summed E-state index contributed by atoms with van der Waals surface area (Å²) >= 11 is 11.2. The molecule has 4 rings (SSSR count). The standard InChI is InChI=1S/C32H40Br2N2S2/c1-3-5-7-9-11-13-15-23-17-21-27(37-23)31-32(36-30-26(34)20-19-25(33)29(30)35-31)28-22-18-24(38-28)16-14-12-10-8-6-4-2/h17-22H,3-16H2,1-2H3. The van der Waals surface area contributed by atoms with Crippen molar-refractivity contribution >= 4 is 65.6 Å². The Kier molecular flexibility index (Phi) is 12.3. The van der Waals surface area contributed by atoms with Crippen LogP contribution in [-0.2, 0) is 12.8 Å². The van der Waals surface area contributed by atoms with Crippen molar-refractivity contribution in [3.63, 3.8) is 0 Å². The number of hydrogen-bond donors (Lipinski definition) is 0. The maximum atomic E-state index is 5.22. The first-order valence-corrected chi connectivity index (χ1v) is 17.7. The van der Waals surface area contributed by atoms with Gasteiger partial charge in [0.25, 0.3) is 0 Å². The third-order valence-electron chi connectivity index (χ3n) is 7.07. The molecule has 0 fully saturated rings. The number of unbranched alkanes of at least 4 members (excludes halogenated alkanes) is 10. The Hall–Kier alpha value is -1.08. The predicted molar refractivity (Wildman–Crippen MR) is 176 cm³/mol. The SMILES string of the molecule is CCCCCCCCc1ccc(-c2nc3c(Br)ccc(Br)c3nc2-c2ccc(CCCCCCCC)s2)s1. The summed E-state index contributed by atoms with van der Waals surface area (Å²) in [6.07, 6.45) is 18.3. The molecule has 0 radical (unpaired) electrons. The van der Waals surface area contributed by atoms with E-state index in [1.54, 1.807) is 0 Å². The molecule has 204 valence electrons. The van der Waals surface area contributed by atoms with E-state index in [0.717, 1.165) is 44.2 Å². The average molecular weight is 677 g/mol. The topological polar surface area (TPSA) is 25.8 Å². The van der Waals surface area contributed by atoms with Crippen LogP contribution in [0.1, 0.15) is 101 Å². The molecule has 0 spiro atoms. The highest BCUT2D eigenvalue weighted by Gasteiger charge is 2.19. The maximum Gasteiger partial charge on any atom is 0.108 e. The van der Waals surface area contributed by atoms with Gasteiger partial charge in [-0.1, -0.05) is 78.1 Å². The van der Waals surface area contributed by atoms with Crippen LogP contribution in [0.4, 0.5) is 0 Å². The second-order valence-corrected chi connectivity index (χ2v) is 14.3. The van der Waals surface area contributed by atoms with Crippen LogP contribution in [0.25, 0.3) is 32.2 Å². The molecule has 4 aromatic rings. The molecule has 2 nitrogen and oxygen atoms in total. The van der Waals surface area contributed by atoms with Gasteiger partial charge in [0, 0.05) is 18.7 Å². The molecule has 0 bridgehead atoms. The third-order valence-corrected chi connectivity index (χ3v) is 10.7. The zero-order valence-electron chi connectivity index (χ0n) is 22.8. The number of halogens is 2. The number of hydrogen-bond acceptors (Lipinski definition) is 4. The van der Waals surface area contributed by atoms with Crippen LogP contribution in [0.3, 0.4) is 0 Å². The van der Waals surface area contributed by atoms with Crippen molar-refractivity contribution in [2.24, 2.45) is 0 Å². The zero-order valence-corrected chi connectivity index (χ0v) is 27.6. The van der Waals surface area contributed by atoms with E-state index in [0.29, 0.717) is 0 Å². The molecule has 0 saturated carbocycles. The monoisotopic (exact) mass is 674 g/mol. The quantitative estimate of drug-likeness (QED) is 0.110. The van der Waals surface area contributed by atoms with Gasteiger partial charge in [-0.2, -0.15) is 0 Å². The van der Waals surface area contributed by atoms with Gasteiger partial charge in [-0.15, -0.1) is 22.7 Å². The summed E-state index contributed by atoms with van der Waals surface area (Å²) in [5, 5.41) is 0. The van der Waals surface area contributed by atoms with E-state index in [2.05, 4.69) is 70.0 Å². The minimum atomic E-state index is 0.910. The van der Waals surface area contributed by atoms with Crippen molar-refractivity contribution in [1.82, 2.24) is 9.97 Å². The van der Waals surface area contributed by atoms with Gasteiger partial charge in [-0.3, -0.25) is 0 Å². The Morgan fingerprint density at radius 1 is 0.526 bits per heavy atom. The molecule has 0 amide bonds. The fourth-order valence-corrected chi connectivity index (χ4v) is 7.75. The Morgan fingerprint density at radius 2 is 0.921 bits per heavy atom. The first kappa shape index (κ1) is 29.9. The molecule has 0 aliphatic carbocycles. The molecule has 0 atom stereocenters. The molecular formula is C32H40Br2N2S2. The number of rotatable bonds is 16. The van der Waals surface area contributed by atoms with E-state index in [-0.39, 0.29) is 0 Å². The summed E-state index contributed by atoms with van der Waals surface area (Å²) in [6, 6.07) is 13.2. The molecule has 0 N–H and O–H groups in total. The van der Waals surface area contributed by atoms with Crippen LogP contribution < -0.4 is 0 Å². The van der Waals surface area contributed by atoms with Gasteiger partial charge in [-0.25, -0.2) is 9.97 Å². The van der Waals surface area contributed by atoms with Crippen molar-refractivity contribution in [1.29, 1.82) is 0 Å². The van der Waals surface area contributed by atoms with Gasteiger partial charge >= 0.3 is 0 Å². The summed E-state index contributed by atoms with van der Waals surface area (Å²) in [5.41, 5.74) is 3.83. The van der Waals surface area contributed by atoms with Crippen LogP contribution >= 0.6 is 54.5 Å². The van der Waals surface area contributed by atoms with Crippen LogP contribution in [0.2, 0.25) is 0 Å². The van der Waals surface area contributed by atoms with Crippen LogP contribution in [0, 0.1) is 0 Å². The van der Waals surface area contributed by atoms with Crippen molar-refractivity contribution in [2.45, 2.75) is 104 Å². The molecule has 38 heavy (non-hydrogen) atoms. The lowest BCUT2D eigenvalue weighted by Gasteiger charge is -2.10. The van der Waals surface area contributed by atoms with Crippen molar-refractivity contribution < 1.29 is 0 Å². The van der Waals surface area contributed by atoms with Gasteiger partial charge in [0.1, 0.15) is 22.4 Å². The molecule has 0 unspecified atom stereocenters. The smallest absolute Gasteiger partial charge is 0.108 e.